The summed E-state index contributed by atoms with van der Waals surface area (Å²) in [5.74, 6) is 0.232. The van der Waals surface area contributed by atoms with Crippen LogP contribution in [0, 0.1) is 22.8 Å². The molecule has 7 nitrogen and oxygen atoms in total. The van der Waals surface area contributed by atoms with Crippen LogP contribution in [0.5, 0.6) is 5.75 Å². The molecule has 2 unspecified atom stereocenters. The quantitative estimate of drug-likeness (QED) is 0.290. The molecule has 0 radical (unpaired) electrons. The molecule has 0 fully saturated rings. The molecule has 2 aromatic rings. The van der Waals surface area contributed by atoms with E-state index in [1.165, 1.54) is 18.2 Å². The highest BCUT2D eigenvalue weighted by Gasteiger charge is 2.43. The van der Waals surface area contributed by atoms with Gasteiger partial charge in [0.15, 0.2) is 6.19 Å². The first-order chi connectivity index (χ1) is 14.5. The molecule has 1 heterocycles. The number of hydrogen-bond donors (Lipinski definition) is 3. The molecule has 0 spiro atoms. The van der Waals surface area contributed by atoms with Crippen molar-refractivity contribution in [1.29, 1.82) is 10.5 Å². The lowest BCUT2D eigenvalue weighted by molar-refractivity contribution is -0.137. The summed E-state index contributed by atoms with van der Waals surface area (Å²) in [6.07, 6.45) is -4.04. The fourth-order valence-electron chi connectivity index (χ4n) is 3.17. The molecule has 2 aromatic carbocycles. The van der Waals surface area contributed by atoms with Gasteiger partial charge >= 0.3 is 6.18 Å². The number of fused-ring (bicyclic) bond motifs is 1. The Labute approximate surface area is 176 Å². The highest BCUT2D eigenvalue weighted by Crippen LogP contribution is 2.42. The van der Waals surface area contributed by atoms with Gasteiger partial charge in [-0.3, -0.25) is 5.32 Å². The number of halogens is 3. The van der Waals surface area contributed by atoms with Gasteiger partial charge in [0.1, 0.15) is 23.5 Å². The second-order valence-corrected chi connectivity index (χ2v) is 7.38. The molecule has 10 heteroatoms. The van der Waals surface area contributed by atoms with Gasteiger partial charge in [0.2, 0.25) is 5.96 Å². The summed E-state index contributed by atoms with van der Waals surface area (Å²) in [6.45, 7) is 3.30. The number of anilines is 1. The minimum absolute atomic E-state index is 0.0446. The molecule has 3 rings (SSSR count). The predicted octanol–water partition coefficient (Wildman–Crippen LogP) is 3.69. The average molecular weight is 429 g/mol. The Balaban J connectivity index is 2.04. The molecule has 0 bridgehead atoms. The number of guanidine groups is 1. The van der Waals surface area contributed by atoms with Crippen LogP contribution < -0.4 is 15.4 Å². The Morgan fingerprint density at radius 3 is 2.58 bits per heavy atom. The molecule has 3 N–H and O–H groups in total. The van der Waals surface area contributed by atoms with Crippen LogP contribution in [0.3, 0.4) is 0 Å². The Bertz CT molecular complexity index is 1100. The molecule has 1 aliphatic heterocycles. The average Bonchev–Trinajstić information content (AvgIpc) is 2.70. The van der Waals surface area contributed by atoms with E-state index in [4.69, 9.17) is 10.00 Å². The normalized spacial score (nSPS) is 19.9. The molecule has 0 aliphatic carbocycles. The predicted molar refractivity (Wildman–Crippen MR) is 106 cm³/mol. The Hall–Kier alpha value is -3.76. The third-order valence-electron chi connectivity index (χ3n) is 4.74. The zero-order valence-electron chi connectivity index (χ0n) is 16.5. The molecule has 2 atom stereocenters. The van der Waals surface area contributed by atoms with E-state index < -0.39 is 29.5 Å². The second kappa shape index (κ2) is 8.17. The van der Waals surface area contributed by atoms with E-state index in [1.807, 2.05) is 6.07 Å². The molecule has 1 aliphatic rings. The van der Waals surface area contributed by atoms with Gasteiger partial charge in [0.25, 0.3) is 0 Å². The van der Waals surface area contributed by atoms with Gasteiger partial charge in [-0.25, -0.2) is 4.99 Å². The number of nitriles is 2. The van der Waals surface area contributed by atoms with Gasteiger partial charge in [-0.15, -0.1) is 0 Å². The van der Waals surface area contributed by atoms with Gasteiger partial charge in [0.05, 0.1) is 17.2 Å². The lowest BCUT2D eigenvalue weighted by atomic mass is 9.86. The van der Waals surface area contributed by atoms with Gasteiger partial charge in [0, 0.05) is 11.3 Å². The summed E-state index contributed by atoms with van der Waals surface area (Å²) in [5, 5.41) is 34.1. The van der Waals surface area contributed by atoms with E-state index in [0.29, 0.717) is 16.9 Å². The first kappa shape index (κ1) is 21.9. The lowest BCUT2D eigenvalue weighted by Crippen LogP contribution is -2.49. The number of nitrogens with one attached hydrogen (secondary N) is 2. The fraction of sp³-hybridized carbons (Fsp3) is 0.286. The maximum Gasteiger partial charge on any atom is 0.416 e. The van der Waals surface area contributed by atoms with Crippen molar-refractivity contribution in [2.24, 2.45) is 4.99 Å². The fourth-order valence-corrected chi connectivity index (χ4v) is 3.17. The zero-order chi connectivity index (χ0) is 22.8. The Morgan fingerprint density at radius 1 is 1.19 bits per heavy atom. The van der Waals surface area contributed by atoms with E-state index in [1.54, 1.807) is 32.2 Å². The molecule has 160 valence electrons. The topological polar surface area (TPSA) is 113 Å². The van der Waals surface area contributed by atoms with E-state index in [2.05, 4.69) is 15.6 Å². The molecule has 31 heavy (non-hydrogen) atoms. The summed E-state index contributed by atoms with van der Waals surface area (Å²) >= 11 is 0. The number of benzene rings is 2. The number of nitrogens with zero attached hydrogens (tertiary/aromatic N) is 3. The summed E-state index contributed by atoms with van der Waals surface area (Å²) in [7, 11) is 0. The molecule has 0 saturated heterocycles. The minimum atomic E-state index is -4.54. The number of aliphatic imine (C=N–C) groups is 1. The highest BCUT2D eigenvalue weighted by molar-refractivity contribution is 5.94. The highest BCUT2D eigenvalue weighted by atomic mass is 19.4. The first-order valence-electron chi connectivity index (χ1n) is 9.13. The van der Waals surface area contributed by atoms with Gasteiger partial charge in [-0.05, 0) is 50.2 Å². The van der Waals surface area contributed by atoms with Crippen molar-refractivity contribution in [3.63, 3.8) is 0 Å². The molecule has 0 amide bonds. The van der Waals surface area contributed by atoms with Crippen LogP contribution in [-0.2, 0) is 6.18 Å². The smallest absolute Gasteiger partial charge is 0.416 e. The van der Waals surface area contributed by atoms with Crippen LogP contribution in [-0.4, -0.2) is 22.8 Å². The SMILES string of the molecule is CC1(C)Oc2ccc(C#N)cc2C(N=C(NC#N)Nc2cccc(C(F)(F)F)c2)C1O. The lowest BCUT2D eigenvalue weighted by Gasteiger charge is -2.40. The number of ether oxygens (including phenoxy) is 1. The third kappa shape index (κ3) is 4.71. The molecule has 0 saturated carbocycles. The van der Waals surface area contributed by atoms with E-state index in [-0.39, 0.29) is 11.6 Å². The van der Waals surface area contributed by atoms with Crippen molar-refractivity contribution >= 4 is 11.6 Å². The molecular weight excluding hydrogens is 411 g/mol. The summed E-state index contributed by atoms with van der Waals surface area (Å²) in [6, 6.07) is 10.1. The van der Waals surface area contributed by atoms with Crippen molar-refractivity contribution in [2.75, 3.05) is 5.32 Å². The Kier molecular flexibility index (Phi) is 5.78. The molecule has 0 aromatic heterocycles. The number of aliphatic hydroxyl groups excluding tert-OH is 1. The number of rotatable bonds is 2. The Morgan fingerprint density at radius 2 is 1.94 bits per heavy atom. The summed E-state index contributed by atoms with van der Waals surface area (Å²) in [4.78, 5) is 4.36. The van der Waals surface area contributed by atoms with Crippen molar-refractivity contribution in [1.82, 2.24) is 5.32 Å². The van der Waals surface area contributed by atoms with E-state index >= 15 is 0 Å². The zero-order valence-corrected chi connectivity index (χ0v) is 16.5. The monoisotopic (exact) mass is 429 g/mol. The van der Waals surface area contributed by atoms with Crippen molar-refractivity contribution in [3.05, 3.63) is 59.2 Å². The van der Waals surface area contributed by atoms with Crippen molar-refractivity contribution in [3.8, 4) is 18.0 Å². The standard InChI is InChI=1S/C21H18F3N5O2/c1-20(2)18(30)17(15-8-12(10-25)6-7-16(15)31-20)29-19(27-11-26)28-14-5-3-4-13(9-14)21(22,23)24/h3-9,17-18,30H,1-2H3,(H2,27,28,29). The number of aliphatic hydroxyl groups is 1. The largest absolute Gasteiger partial charge is 0.485 e. The van der Waals surface area contributed by atoms with Crippen LogP contribution in [0.2, 0.25) is 0 Å². The van der Waals surface area contributed by atoms with Gasteiger partial charge < -0.3 is 15.2 Å². The third-order valence-corrected chi connectivity index (χ3v) is 4.74. The molecular formula is C21H18F3N5O2. The van der Waals surface area contributed by atoms with Crippen LogP contribution in [0.4, 0.5) is 18.9 Å². The van der Waals surface area contributed by atoms with Gasteiger partial charge in [-0.2, -0.15) is 23.7 Å². The van der Waals surface area contributed by atoms with Crippen molar-refractivity contribution < 1.29 is 23.0 Å². The maximum absolute atomic E-state index is 13.0. The van der Waals surface area contributed by atoms with Crippen LogP contribution in [0.1, 0.15) is 36.6 Å². The van der Waals surface area contributed by atoms with Crippen molar-refractivity contribution in [2.45, 2.75) is 37.8 Å². The first-order valence-corrected chi connectivity index (χ1v) is 9.13. The number of alkyl halides is 3. The maximum atomic E-state index is 13.0. The van der Waals surface area contributed by atoms with E-state index in [9.17, 15) is 23.5 Å². The van der Waals surface area contributed by atoms with Crippen LogP contribution >= 0.6 is 0 Å². The number of hydrogen-bond acceptors (Lipinski definition) is 5. The summed E-state index contributed by atoms with van der Waals surface area (Å²) < 4.78 is 44.8. The minimum Gasteiger partial charge on any atom is -0.485 e. The van der Waals surface area contributed by atoms with Gasteiger partial charge in [-0.1, -0.05) is 6.07 Å². The second-order valence-electron chi connectivity index (χ2n) is 7.38. The summed E-state index contributed by atoms with van der Waals surface area (Å²) in [5.41, 5.74) is -1.15. The van der Waals surface area contributed by atoms with Crippen LogP contribution in [0.25, 0.3) is 0 Å². The van der Waals surface area contributed by atoms with E-state index in [0.717, 1.165) is 12.1 Å². The van der Waals surface area contributed by atoms with Crippen LogP contribution in [0.15, 0.2) is 47.5 Å².